The van der Waals surface area contributed by atoms with Crippen LogP contribution in [-0.2, 0) is 4.74 Å². The number of benzene rings is 2. The fraction of sp³-hybridized carbons (Fsp3) is 0.158. The Bertz CT molecular complexity index is 1240. The van der Waals surface area contributed by atoms with Crippen molar-refractivity contribution in [3.05, 3.63) is 58.4 Å². The number of nitrogens with zero attached hydrogens (tertiary/aromatic N) is 1. The number of aromatic nitrogens is 1. The molecule has 152 valence electrons. The van der Waals surface area contributed by atoms with Crippen molar-refractivity contribution in [2.45, 2.75) is 6.18 Å². The molecule has 0 atom stereocenters. The lowest BCUT2D eigenvalue weighted by Crippen LogP contribution is -2.28. The molecule has 29 heavy (non-hydrogen) atoms. The summed E-state index contributed by atoms with van der Waals surface area (Å²) in [5.74, 6) is -1.46. The number of hydrogen-bond acceptors (Lipinski definition) is 6. The minimum atomic E-state index is -4.48. The number of nitrogen functional groups attached to an aromatic ring is 2. The molecule has 0 fully saturated rings. The lowest BCUT2D eigenvalue weighted by atomic mass is 10.1. The molecule has 3 rings (SSSR count). The zero-order chi connectivity index (χ0) is 23.8. The molecule has 1 aromatic heterocycles. The van der Waals surface area contributed by atoms with Crippen LogP contribution in [0.2, 0.25) is 0 Å². The van der Waals surface area contributed by atoms with E-state index in [9.17, 15) is 22.8 Å². The van der Waals surface area contributed by atoms with E-state index in [1.165, 1.54) is 42.5 Å². The van der Waals surface area contributed by atoms with Crippen LogP contribution >= 0.6 is 0 Å². The molecule has 2 aromatic carbocycles. The molecule has 3 aromatic rings. The topological polar surface area (TPSA) is 112 Å². The predicted molar refractivity (Wildman–Crippen MR) is 104 cm³/mol. The molecule has 1 heterocycles. The third kappa shape index (κ3) is 3.96. The van der Waals surface area contributed by atoms with E-state index >= 15 is 0 Å². The number of anilines is 3. The smallest absolute Gasteiger partial charge is 0.405 e. The van der Waals surface area contributed by atoms with Gasteiger partial charge in [0.05, 0.1) is 22.4 Å². The predicted octanol–water partition coefficient (Wildman–Crippen LogP) is 2.92. The van der Waals surface area contributed by atoms with E-state index in [4.69, 9.17) is 15.6 Å². The fourth-order valence-electron chi connectivity index (χ4n) is 2.86. The number of rotatable bonds is 4. The highest BCUT2D eigenvalue weighted by Crippen LogP contribution is 2.28. The van der Waals surface area contributed by atoms with Crippen LogP contribution in [0.15, 0.2) is 47.3 Å². The second-order valence-corrected chi connectivity index (χ2v) is 6.11. The Hall–Kier alpha value is -3.69. The Morgan fingerprint density at radius 1 is 1.21 bits per heavy atom. The van der Waals surface area contributed by atoms with Crippen LogP contribution in [0, 0.1) is 0 Å². The maximum atomic E-state index is 13.2. The molecule has 10 heteroatoms. The number of nitrogens with one attached hydrogen (secondary N) is 1. The van der Waals surface area contributed by atoms with Crippen molar-refractivity contribution in [3.8, 4) is 5.69 Å². The van der Waals surface area contributed by atoms with Gasteiger partial charge in [0.25, 0.3) is 5.56 Å². The molecule has 0 bridgehead atoms. The molecule has 0 spiro atoms. The first kappa shape index (κ1) is 16.3. The summed E-state index contributed by atoms with van der Waals surface area (Å²) in [5.41, 5.74) is 10.3. The van der Waals surface area contributed by atoms with Gasteiger partial charge in [-0.1, -0.05) is 0 Å². The van der Waals surface area contributed by atoms with Crippen molar-refractivity contribution in [2.75, 3.05) is 30.4 Å². The maximum Gasteiger partial charge on any atom is 0.405 e. The summed E-state index contributed by atoms with van der Waals surface area (Å²) in [6, 6.07) is 9.67. The average Bonchev–Trinajstić information content (AvgIpc) is 2.66. The summed E-state index contributed by atoms with van der Waals surface area (Å²) >= 11 is 0. The van der Waals surface area contributed by atoms with Gasteiger partial charge in [0.15, 0.2) is 0 Å². The van der Waals surface area contributed by atoms with Gasteiger partial charge in [0, 0.05) is 22.4 Å². The zero-order valence-corrected chi connectivity index (χ0v) is 14.7. The molecule has 0 aliphatic carbocycles. The minimum absolute atomic E-state index is 0.0376. The number of halogens is 3. The van der Waals surface area contributed by atoms with Gasteiger partial charge in [-0.05, 0) is 42.5 Å². The zero-order valence-electron chi connectivity index (χ0n) is 17.7. The van der Waals surface area contributed by atoms with E-state index in [0.29, 0.717) is 5.69 Å². The molecule has 0 unspecified atom stereocenters. The van der Waals surface area contributed by atoms with Crippen LogP contribution in [0.25, 0.3) is 16.6 Å². The highest BCUT2D eigenvalue weighted by Gasteiger charge is 2.27. The number of hydrogen-bond donors (Lipinski definition) is 3. The maximum absolute atomic E-state index is 13.2. The van der Waals surface area contributed by atoms with Gasteiger partial charge in [-0.25, -0.2) is 4.79 Å². The van der Waals surface area contributed by atoms with Crippen LogP contribution in [-0.4, -0.2) is 30.3 Å². The summed E-state index contributed by atoms with van der Waals surface area (Å²) in [7, 11) is -3.12. The Morgan fingerprint density at radius 2 is 1.90 bits per heavy atom. The van der Waals surface area contributed by atoms with Gasteiger partial charge in [-0.2, -0.15) is 13.2 Å². The largest absolute Gasteiger partial charge is 0.465 e. The minimum Gasteiger partial charge on any atom is -0.465 e. The molecule has 0 aliphatic heterocycles. The summed E-state index contributed by atoms with van der Waals surface area (Å²) in [6.45, 7) is -1.32. The van der Waals surface area contributed by atoms with Crippen LogP contribution in [0.3, 0.4) is 0 Å². The molecular formula is C19H17F3N4O3. The van der Waals surface area contributed by atoms with Crippen molar-refractivity contribution in [1.82, 2.24) is 4.57 Å². The van der Waals surface area contributed by atoms with Gasteiger partial charge in [0.2, 0.25) is 0 Å². The first-order valence-electron chi connectivity index (χ1n) is 9.65. The van der Waals surface area contributed by atoms with Gasteiger partial charge in [0.1, 0.15) is 12.1 Å². The van der Waals surface area contributed by atoms with Crippen LogP contribution in [0.5, 0.6) is 0 Å². The first-order chi connectivity index (χ1) is 14.8. The number of pyridine rings is 1. The van der Waals surface area contributed by atoms with Crippen molar-refractivity contribution < 1.29 is 26.8 Å². The Kier molecular flexibility index (Phi) is 4.14. The van der Waals surface area contributed by atoms with Crippen molar-refractivity contribution in [1.29, 1.82) is 0 Å². The summed E-state index contributed by atoms with van der Waals surface area (Å²) in [6.07, 6.45) is -4.48. The van der Waals surface area contributed by atoms with E-state index in [1.54, 1.807) is 0 Å². The number of ether oxygens (including phenoxy) is 1. The number of nitrogens with two attached hydrogens (primary N) is 2. The Balaban J connectivity index is 2.29. The molecule has 0 radical (unpaired) electrons. The molecular weight excluding hydrogens is 389 g/mol. The molecule has 0 aliphatic rings. The fourth-order valence-corrected chi connectivity index (χ4v) is 2.86. The van der Waals surface area contributed by atoms with Gasteiger partial charge < -0.3 is 21.5 Å². The average molecular weight is 409 g/mol. The van der Waals surface area contributed by atoms with Crippen molar-refractivity contribution >= 4 is 33.9 Å². The normalized spacial score (nSPS) is 13.4. The summed E-state index contributed by atoms with van der Waals surface area (Å²) in [4.78, 5) is 25.6. The van der Waals surface area contributed by atoms with Crippen LogP contribution < -0.4 is 22.3 Å². The second-order valence-electron chi connectivity index (χ2n) is 6.11. The lowest BCUT2D eigenvalue weighted by molar-refractivity contribution is -0.115. The van der Waals surface area contributed by atoms with Crippen LogP contribution in [0.1, 0.15) is 14.5 Å². The van der Waals surface area contributed by atoms with Crippen molar-refractivity contribution in [2.24, 2.45) is 0 Å². The number of alkyl halides is 3. The third-order valence-electron chi connectivity index (χ3n) is 4.16. The summed E-state index contributed by atoms with van der Waals surface area (Å²) in [5, 5.41) is 2.33. The molecule has 0 saturated carbocycles. The third-order valence-corrected chi connectivity index (χ3v) is 4.16. The highest BCUT2D eigenvalue weighted by atomic mass is 19.4. The highest BCUT2D eigenvalue weighted by molar-refractivity contribution is 6.05. The number of carbonyl (C=O) groups is 1. The van der Waals surface area contributed by atoms with Gasteiger partial charge in [-0.3, -0.25) is 9.36 Å². The molecule has 5 N–H and O–H groups in total. The quantitative estimate of drug-likeness (QED) is 0.451. The molecule has 0 saturated heterocycles. The van der Waals surface area contributed by atoms with E-state index < -0.39 is 36.9 Å². The SMILES string of the molecule is [2H]C([2H])([2H])OC(=O)c1c(N)c2ccc(NCC(F)(F)F)cc2n(-c2ccc(N)cc2)c1=O. The number of carbonyl (C=O) groups excluding carboxylic acids is 1. The lowest BCUT2D eigenvalue weighted by Gasteiger charge is -2.17. The van der Waals surface area contributed by atoms with Gasteiger partial charge in [-0.15, -0.1) is 0 Å². The second kappa shape index (κ2) is 7.38. The number of esters is 1. The van der Waals surface area contributed by atoms with Crippen molar-refractivity contribution in [3.63, 3.8) is 0 Å². The van der Waals surface area contributed by atoms with E-state index in [-0.39, 0.29) is 28.0 Å². The Morgan fingerprint density at radius 3 is 2.52 bits per heavy atom. The van der Waals surface area contributed by atoms with E-state index in [2.05, 4.69) is 10.1 Å². The first-order valence-corrected chi connectivity index (χ1v) is 8.15. The van der Waals surface area contributed by atoms with E-state index in [1.807, 2.05) is 0 Å². The molecule has 0 amide bonds. The summed E-state index contributed by atoms with van der Waals surface area (Å²) < 4.78 is 64.5. The van der Waals surface area contributed by atoms with E-state index in [0.717, 1.165) is 4.57 Å². The number of fused-ring (bicyclic) bond motifs is 1. The van der Waals surface area contributed by atoms with Crippen LogP contribution in [0.4, 0.5) is 30.2 Å². The van der Waals surface area contributed by atoms with Gasteiger partial charge >= 0.3 is 12.1 Å². The Labute approximate surface area is 166 Å². The monoisotopic (exact) mass is 409 g/mol. The molecule has 7 nitrogen and oxygen atoms in total. The standard InChI is InChI=1S/C19H17F3N4O3/c1-29-18(28)15-16(24)13-7-4-11(25-9-19(20,21)22)8-14(13)26(17(15)27)12-5-2-10(23)3-6-12/h2-8,25H,9,23-24H2,1H3/i1D3. The number of methoxy groups -OCH3 is 1.